The number of hydrogen-bond donors (Lipinski definition) is 0. The predicted octanol–water partition coefficient (Wildman–Crippen LogP) is 6.79. The van der Waals surface area contributed by atoms with Gasteiger partial charge in [-0.25, -0.2) is 0 Å². The summed E-state index contributed by atoms with van der Waals surface area (Å²) in [5, 5.41) is 0. The monoisotopic (exact) mass is 378 g/mol. The summed E-state index contributed by atoms with van der Waals surface area (Å²) in [5.41, 5.74) is 2.87. The molecule has 3 aromatic carbocycles. The van der Waals surface area contributed by atoms with Gasteiger partial charge in [0.2, 0.25) is 0 Å². The summed E-state index contributed by atoms with van der Waals surface area (Å²) in [7, 11) is 0. The third-order valence-electron chi connectivity index (χ3n) is 4.89. The molecule has 0 aliphatic heterocycles. The van der Waals surface area contributed by atoms with Crippen LogP contribution in [0.1, 0.15) is 42.4 Å². The highest BCUT2D eigenvalue weighted by atomic mass is 35.5. The van der Waals surface area contributed by atoms with E-state index in [1.54, 1.807) is 0 Å². The average Bonchev–Trinajstić information content (AvgIpc) is 2.75. The van der Waals surface area contributed by atoms with Crippen molar-refractivity contribution in [3.63, 3.8) is 0 Å². The quantitative estimate of drug-likeness (QED) is 0.214. The van der Waals surface area contributed by atoms with E-state index in [1.165, 1.54) is 0 Å². The normalized spacial score (nSPS) is 11.4. The third kappa shape index (κ3) is 4.80. The van der Waals surface area contributed by atoms with Crippen LogP contribution < -0.4 is 0 Å². The summed E-state index contributed by atoms with van der Waals surface area (Å²) in [4.78, 5) is 0. The van der Waals surface area contributed by atoms with Crippen molar-refractivity contribution in [2.75, 3.05) is 12.5 Å². The van der Waals surface area contributed by atoms with E-state index >= 15 is 0 Å². The number of hydrogen-bond acceptors (Lipinski definition) is 1. The van der Waals surface area contributed by atoms with Gasteiger partial charge in [0.05, 0.1) is 0 Å². The van der Waals surface area contributed by atoms with Crippen molar-refractivity contribution in [1.82, 2.24) is 0 Å². The Morgan fingerprint density at radius 1 is 0.556 bits per heavy atom. The van der Waals surface area contributed by atoms with E-state index in [9.17, 15) is 0 Å². The number of unbranched alkanes of at least 4 members (excludes halogenated alkanes) is 3. The predicted molar refractivity (Wildman–Crippen MR) is 114 cm³/mol. The molecule has 0 unspecified atom stereocenters. The molecule has 0 saturated carbocycles. The first-order valence-corrected chi connectivity index (χ1v) is 10.3. The largest absolute Gasteiger partial charge is 0.361 e. The van der Waals surface area contributed by atoms with Crippen LogP contribution in [0.15, 0.2) is 91.0 Å². The molecular formula is C25H27ClO. The molecule has 0 fully saturated rings. The minimum atomic E-state index is -0.601. The summed E-state index contributed by atoms with van der Waals surface area (Å²) in [6.45, 7) is 0.709. The van der Waals surface area contributed by atoms with Gasteiger partial charge in [0.25, 0.3) is 0 Å². The minimum absolute atomic E-state index is 0.601. The molecule has 27 heavy (non-hydrogen) atoms. The molecule has 0 radical (unpaired) electrons. The maximum atomic E-state index is 6.74. The standard InChI is InChI=1S/C25H27ClO/c26-20-12-1-2-13-21-27-25(22-14-6-3-7-15-22,23-16-8-4-9-17-23)24-18-10-5-11-19-24/h3-11,14-19H,1-2,12-13,20-21H2. The van der Waals surface area contributed by atoms with Crippen molar-refractivity contribution in [2.24, 2.45) is 0 Å². The van der Waals surface area contributed by atoms with Gasteiger partial charge in [0.1, 0.15) is 5.60 Å². The van der Waals surface area contributed by atoms with Crippen molar-refractivity contribution in [3.05, 3.63) is 108 Å². The van der Waals surface area contributed by atoms with Gasteiger partial charge >= 0.3 is 0 Å². The number of ether oxygens (including phenoxy) is 1. The molecule has 0 amide bonds. The van der Waals surface area contributed by atoms with Crippen molar-refractivity contribution < 1.29 is 4.74 Å². The van der Waals surface area contributed by atoms with Crippen molar-refractivity contribution in [1.29, 1.82) is 0 Å². The molecule has 1 nitrogen and oxygen atoms in total. The fourth-order valence-corrected chi connectivity index (χ4v) is 3.73. The second kappa shape index (κ2) is 10.3. The van der Waals surface area contributed by atoms with E-state index in [1.807, 2.05) is 0 Å². The highest BCUT2D eigenvalue weighted by molar-refractivity contribution is 6.17. The zero-order valence-electron chi connectivity index (χ0n) is 15.7. The Bertz CT molecular complexity index is 675. The van der Waals surface area contributed by atoms with Crippen molar-refractivity contribution in [3.8, 4) is 0 Å². The van der Waals surface area contributed by atoms with Crippen LogP contribution in [0.5, 0.6) is 0 Å². The molecule has 2 heteroatoms. The van der Waals surface area contributed by atoms with Crippen molar-refractivity contribution >= 4 is 11.6 Å². The Hall–Kier alpha value is -2.09. The highest BCUT2D eigenvalue weighted by Gasteiger charge is 2.37. The minimum Gasteiger partial charge on any atom is -0.361 e. The first-order chi connectivity index (χ1) is 13.4. The van der Waals surface area contributed by atoms with Gasteiger partial charge in [-0.1, -0.05) is 104 Å². The lowest BCUT2D eigenvalue weighted by Crippen LogP contribution is -2.33. The van der Waals surface area contributed by atoms with Crippen molar-refractivity contribution in [2.45, 2.75) is 31.3 Å². The Balaban J connectivity index is 1.98. The Labute approximate surface area is 168 Å². The van der Waals surface area contributed by atoms with Gasteiger partial charge in [0, 0.05) is 12.5 Å². The van der Waals surface area contributed by atoms with Crippen LogP contribution in [-0.4, -0.2) is 12.5 Å². The number of halogens is 1. The maximum absolute atomic E-state index is 6.74. The fraction of sp³-hybridized carbons (Fsp3) is 0.280. The van der Waals surface area contributed by atoms with E-state index in [0.29, 0.717) is 6.61 Å². The summed E-state index contributed by atoms with van der Waals surface area (Å²) in [6, 6.07) is 31.6. The second-order valence-electron chi connectivity index (χ2n) is 6.73. The van der Waals surface area contributed by atoms with E-state index in [0.717, 1.165) is 48.3 Å². The molecular weight excluding hydrogens is 352 g/mol. The molecule has 140 valence electrons. The average molecular weight is 379 g/mol. The van der Waals surface area contributed by atoms with E-state index < -0.39 is 5.60 Å². The molecule has 0 aromatic heterocycles. The van der Waals surface area contributed by atoms with Crippen LogP contribution in [0.3, 0.4) is 0 Å². The smallest absolute Gasteiger partial charge is 0.143 e. The van der Waals surface area contributed by atoms with Crippen LogP contribution in [0, 0.1) is 0 Å². The summed E-state index contributed by atoms with van der Waals surface area (Å²) < 4.78 is 6.74. The number of alkyl halides is 1. The lowest BCUT2D eigenvalue weighted by molar-refractivity contribution is 0.0107. The molecule has 0 bridgehead atoms. The lowest BCUT2D eigenvalue weighted by Gasteiger charge is -2.36. The van der Waals surface area contributed by atoms with Gasteiger partial charge in [-0.2, -0.15) is 0 Å². The van der Waals surface area contributed by atoms with E-state index in [2.05, 4.69) is 91.0 Å². The molecule has 0 heterocycles. The molecule has 0 aliphatic rings. The van der Waals surface area contributed by atoms with Gasteiger partial charge in [0.15, 0.2) is 0 Å². The molecule has 0 N–H and O–H groups in total. The summed E-state index contributed by atoms with van der Waals surface area (Å²) in [5.74, 6) is 0.739. The Kier molecular flexibility index (Phi) is 7.50. The van der Waals surface area contributed by atoms with Crippen LogP contribution in [-0.2, 0) is 10.3 Å². The summed E-state index contributed by atoms with van der Waals surface area (Å²) in [6.07, 6.45) is 4.40. The third-order valence-corrected chi connectivity index (χ3v) is 5.15. The lowest BCUT2D eigenvalue weighted by atomic mass is 9.80. The molecule has 0 saturated heterocycles. The number of rotatable bonds is 10. The first-order valence-electron chi connectivity index (χ1n) is 9.74. The number of benzene rings is 3. The van der Waals surface area contributed by atoms with E-state index in [4.69, 9.17) is 16.3 Å². The van der Waals surface area contributed by atoms with Gasteiger partial charge in [-0.05, 0) is 29.5 Å². The Morgan fingerprint density at radius 3 is 1.37 bits per heavy atom. The van der Waals surface area contributed by atoms with E-state index in [-0.39, 0.29) is 0 Å². The molecule has 3 aromatic rings. The van der Waals surface area contributed by atoms with Crippen LogP contribution in [0.25, 0.3) is 0 Å². The van der Waals surface area contributed by atoms with Crippen LogP contribution in [0.2, 0.25) is 0 Å². The van der Waals surface area contributed by atoms with Gasteiger partial charge in [-0.15, -0.1) is 11.6 Å². The fourth-order valence-electron chi connectivity index (χ4n) is 3.54. The summed E-state index contributed by atoms with van der Waals surface area (Å²) >= 11 is 5.80. The zero-order valence-corrected chi connectivity index (χ0v) is 16.4. The van der Waals surface area contributed by atoms with Gasteiger partial charge in [-0.3, -0.25) is 0 Å². The first kappa shape index (κ1) is 19.7. The SMILES string of the molecule is ClCCCCCCOC(c1ccccc1)(c1ccccc1)c1ccccc1. The highest BCUT2D eigenvalue weighted by Crippen LogP contribution is 2.40. The topological polar surface area (TPSA) is 9.23 Å². The Morgan fingerprint density at radius 2 is 0.963 bits per heavy atom. The molecule has 3 rings (SSSR count). The molecule has 0 atom stereocenters. The molecule has 0 spiro atoms. The van der Waals surface area contributed by atoms with Crippen LogP contribution in [0.4, 0.5) is 0 Å². The second-order valence-corrected chi connectivity index (χ2v) is 7.11. The van der Waals surface area contributed by atoms with Crippen LogP contribution >= 0.6 is 11.6 Å². The molecule has 0 aliphatic carbocycles. The zero-order chi connectivity index (χ0) is 18.8. The maximum Gasteiger partial charge on any atom is 0.143 e. The van der Waals surface area contributed by atoms with Gasteiger partial charge < -0.3 is 4.74 Å².